The van der Waals surface area contributed by atoms with E-state index in [9.17, 15) is 0 Å². The average Bonchev–Trinajstić information content (AvgIpc) is 1.89. The van der Waals surface area contributed by atoms with E-state index in [0.29, 0.717) is 4.83 Å². The summed E-state index contributed by atoms with van der Waals surface area (Å²) in [6.45, 7) is 0.816. The normalized spacial score (nSPS) is 35.6. The Morgan fingerprint density at radius 1 is 1.67 bits per heavy atom. The summed E-state index contributed by atoms with van der Waals surface area (Å²) in [6, 6.07) is 0. The van der Waals surface area contributed by atoms with E-state index in [4.69, 9.17) is 11.2 Å². The van der Waals surface area contributed by atoms with Gasteiger partial charge in [-0.2, -0.15) is 0 Å². The average molecular weight is 189 g/mol. The first-order valence-corrected chi connectivity index (χ1v) is 3.98. The molecule has 0 bridgehead atoms. The van der Waals surface area contributed by atoms with Gasteiger partial charge in [-0.05, 0) is 12.8 Å². The summed E-state index contributed by atoms with van der Waals surface area (Å²) < 4.78 is 5.26. The fourth-order valence-electron chi connectivity index (χ4n) is 0.897. The summed E-state index contributed by atoms with van der Waals surface area (Å²) in [6.07, 6.45) is 7.44. The topological polar surface area (TPSA) is 9.23 Å². The Kier molecular flexibility index (Phi) is 2.56. The van der Waals surface area contributed by atoms with Gasteiger partial charge in [0.25, 0.3) is 0 Å². The molecular weight excluding hydrogens is 180 g/mol. The van der Waals surface area contributed by atoms with E-state index in [1.807, 2.05) is 0 Å². The van der Waals surface area contributed by atoms with E-state index in [2.05, 4.69) is 21.9 Å². The van der Waals surface area contributed by atoms with Crippen LogP contribution < -0.4 is 0 Å². The second-order valence-corrected chi connectivity index (χ2v) is 3.29. The minimum absolute atomic E-state index is 0.00116. The molecule has 2 unspecified atom stereocenters. The van der Waals surface area contributed by atoms with Gasteiger partial charge in [-0.1, -0.05) is 21.9 Å². The van der Waals surface area contributed by atoms with Crippen molar-refractivity contribution in [1.82, 2.24) is 0 Å². The smallest absolute Gasteiger partial charge is 0.130 e. The third kappa shape index (κ3) is 1.70. The quantitative estimate of drug-likeness (QED) is 0.415. The molecule has 1 rings (SSSR count). The van der Waals surface area contributed by atoms with Gasteiger partial charge in [0.1, 0.15) is 6.10 Å². The molecule has 0 saturated carbocycles. The summed E-state index contributed by atoms with van der Waals surface area (Å²) in [5, 5.41) is 0. The van der Waals surface area contributed by atoms with Gasteiger partial charge in [-0.3, -0.25) is 0 Å². The third-order valence-electron chi connectivity index (χ3n) is 1.41. The van der Waals surface area contributed by atoms with Crippen molar-refractivity contribution in [3.8, 4) is 12.3 Å². The summed E-state index contributed by atoms with van der Waals surface area (Å²) >= 11 is 3.45. The van der Waals surface area contributed by atoms with E-state index in [1.54, 1.807) is 0 Å². The molecule has 0 aromatic carbocycles. The van der Waals surface area contributed by atoms with E-state index in [1.165, 1.54) is 0 Å². The van der Waals surface area contributed by atoms with Crippen LogP contribution in [-0.2, 0) is 4.74 Å². The van der Waals surface area contributed by atoms with Crippen molar-refractivity contribution in [2.24, 2.45) is 0 Å². The van der Waals surface area contributed by atoms with Crippen molar-refractivity contribution in [3.05, 3.63) is 0 Å². The van der Waals surface area contributed by atoms with Crippen LogP contribution in [-0.4, -0.2) is 17.5 Å². The van der Waals surface area contributed by atoms with Crippen molar-refractivity contribution in [2.75, 3.05) is 6.61 Å². The number of hydrogen-bond donors (Lipinski definition) is 0. The Morgan fingerprint density at radius 2 is 2.44 bits per heavy atom. The lowest BCUT2D eigenvalue weighted by molar-refractivity contribution is 0.0591. The Labute approximate surface area is 63.9 Å². The highest BCUT2D eigenvalue weighted by molar-refractivity contribution is 9.09. The summed E-state index contributed by atoms with van der Waals surface area (Å²) in [4.78, 5) is 0.372. The molecule has 1 saturated heterocycles. The van der Waals surface area contributed by atoms with Crippen LogP contribution in [0.15, 0.2) is 0 Å². The molecule has 2 heteroatoms. The molecule has 1 aliphatic heterocycles. The molecule has 0 spiro atoms. The largest absolute Gasteiger partial charge is 0.364 e. The molecule has 1 heterocycles. The van der Waals surface area contributed by atoms with Gasteiger partial charge in [-0.25, -0.2) is 0 Å². The van der Waals surface area contributed by atoms with E-state index >= 15 is 0 Å². The van der Waals surface area contributed by atoms with Crippen molar-refractivity contribution >= 4 is 15.9 Å². The second kappa shape index (κ2) is 3.24. The van der Waals surface area contributed by atoms with Crippen LogP contribution in [0, 0.1) is 12.3 Å². The fraction of sp³-hybridized carbons (Fsp3) is 0.714. The molecule has 0 N–H and O–H groups in total. The highest BCUT2D eigenvalue weighted by atomic mass is 79.9. The van der Waals surface area contributed by atoms with Crippen LogP contribution >= 0.6 is 15.9 Å². The summed E-state index contributed by atoms with van der Waals surface area (Å²) in [5.41, 5.74) is 0. The molecule has 0 aromatic heterocycles. The van der Waals surface area contributed by atoms with E-state index < -0.39 is 0 Å². The molecule has 0 aliphatic carbocycles. The van der Waals surface area contributed by atoms with Gasteiger partial charge >= 0.3 is 0 Å². The minimum atomic E-state index is -0.00116. The van der Waals surface area contributed by atoms with Crippen LogP contribution in [0.4, 0.5) is 0 Å². The molecule has 1 fully saturated rings. The van der Waals surface area contributed by atoms with Crippen molar-refractivity contribution in [1.29, 1.82) is 0 Å². The van der Waals surface area contributed by atoms with Gasteiger partial charge in [0.05, 0.1) is 4.83 Å². The zero-order valence-electron chi connectivity index (χ0n) is 5.14. The molecule has 0 radical (unpaired) electrons. The number of alkyl halides is 1. The Hall–Kier alpha value is 0. The standard InChI is InChI=1S/C7H9BrO/c1-2-7-6(8)4-3-5-9-7/h1,6-7H,3-5H2. The molecule has 9 heavy (non-hydrogen) atoms. The molecular formula is C7H9BrO. The Bertz CT molecular complexity index is 127. The molecule has 1 nitrogen and oxygen atoms in total. The van der Waals surface area contributed by atoms with Crippen molar-refractivity contribution in [3.63, 3.8) is 0 Å². The minimum Gasteiger partial charge on any atom is -0.364 e. The van der Waals surface area contributed by atoms with Crippen LogP contribution in [0.25, 0.3) is 0 Å². The maximum atomic E-state index is 5.26. The molecule has 0 aromatic rings. The van der Waals surface area contributed by atoms with Crippen molar-refractivity contribution in [2.45, 2.75) is 23.8 Å². The Balaban J connectivity index is 2.41. The zero-order chi connectivity index (χ0) is 6.69. The van der Waals surface area contributed by atoms with Gasteiger partial charge in [0.2, 0.25) is 0 Å². The maximum Gasteiger partial charge on any atom is 0.130 e. The molecule has 0 amide bonds. The number of ether oxygens (including phenoxy) is 1. The van der Waals surface area contributed by atoms with E-state index in [-0.39, 0.29) is 6.10 Å². The Morgan fingerprint density at radius 3 is 2.89 bits per heavy atom. The van der Waals surface area contributed by atoms with Gasteiger partial charge in [0.15, 0.2) is 0 Å². The number of hydrogen-bond acceptors (Lipinski definition) is 1. The first-order valence-electron chi connectivity index (χ1n) is 3.06. The van der Waals surface area contributed by atoms with Crippen LogP contribution in [0.1, 0.15) is 12.8 Å². The number of rotatable bonds is 0. The highest BCUT2D eigenvalue weighted by Crippen LogP contribution is 2.19. The first kappa shape index (κ1) is 7.11. The van der Waals surface area contributed by atoms with Crippen LogP contribution in [0.2, 0.25) is 0 Å². The van der Waals surface area contributed by atoms with Gasteiger partial charge in [0, 0.05) is 6.61 Å². The van der Waals surface area contributed by atoms with Crippen molar-refractivity contribution < 1.29 is 4.74 Å². The maximum absolute atomic E-state index is 5.26. The van der Waals surface area contributed by atoms with Crippen LogP contribution in [0.5, 0.6) is 0 Å². The zero-order valence-corrected chi connectivity index (χ0v) is 6.73. The highest BCUT2D eigenvalue weighted by Gasteiger charge is 2.20. The predicted molar refractivity (Wildman–Crippen MR) is 40.5 cm³/mol. The fourth-order valence-corrected chi connectivity index (χ4v) is 1.53. The van der Waals surface area contributed by atoms with Gasteiger partial charge < -0.3 is 4.74 Å². The second-order valence-electron chi connectivity index (χ2n) is 2.12. The summed E-state index contributed by atoms with van der Waals surface area (Å²) in [7, 11) is 0. The number of halogens is 1. The van der Waals surface area contributed by atoms with Gasteiger partial charge in [-0.15, -0.1) is 6.42 Å². The number of terminal acetylenes is 1. The lowest BCUT2D eigenvalue weighted by atomic mass is 10.1. The molecule has 2 atom stereocenters. The van der Waals surface area contributed by atoms with Crippen LogP contribution in [0.3, 0.4) is 0 Å². The van der Waals surface area contributed by atoms with E-state index in [0.717, 1.165) is 19.4 Å². The predicted octanol–water partition coefficient (Wildman–Crippen LogP) is 1.56. The lowest BCUT2D eigenvalue weighted by Gasteiger charge is -2.22. The molecule has 1 aliphatic rings. The molecule has 50 valence electrons. The third-order valence-corrected chi connectivity index (χ3v) is 2.35. The first-order chi connectivity index (χ1) is 4.34. The SMILES string of the molecule is C#CC1OCCCC1Br. The summed E-state index contributed by atoms with van der Waals surface area (Å²) in [5.74, 6) is 2.58. The lowest BCUT2D eigenvalue weighted by Crippen LogP contribution is -2.27. The monoisotopic (exact) mass is 188 g/mol.